The molecule has 0 unspecified atom stereocenters. The standard InChI is InChI=1S/C24H27ClN6O3/c1-23(33)12-16(13-23)31-21-20(28-29-31)11-17(14-26-21)34-9-8-30-6-4-24(5-7-30)18-10-15(25)2-3-19(18)27-22(24)32/h2-3,10-11,14,16,33H,4-9,12-13H2,1H3,(H,27,32)/t16-,23+. The molecule has 9 nitrogen and oxygen atoms in total. The minimum absolute atomic E-state index is 0.0820. The van der Waals surface area contributed by atoms with E-state index in [1.54, 1.807) is 10.9 Å². The Morgan fingerprint density at radius 2 is 2.06 bits per heavy atom. The second-order valence-corrected chi connectivity index (χ2v) is 10.5. The van der Waals surface area contributed by atoms with Gasteiger partial charge in [-0.3, -0.25) is 9.69 Å². The summed E-state index contributed by atoms with van der Waals surface area (Å²) in [5.41, 5.74) is 2.20. The van der Waals surface area contributed by atoms with Gasteiger partial charge in [0, 0.05) is 23.3 Å². The van der Waals surface area contributed by atoms with Crippen LogP contribution in [0.25, 0.3) is 11.2 Å². The summed E-state index contributed by atoms with van der Waals surface area (Å²) < 4.78 is 7.75. The van der Waals surface area contributed by atoms with Crippen molar-refractivity contribution >= 4 is 34.4 Å². The normalized spacial score (nSPS) is 25.9. The SMILES string of the molecule is C[C@]1(O)C[C@@H](n2nnc3cc(OCCN4CCC5(CC4)C(=O)Nc4ccc(Cl)cc45)cnc32)C1. The molecule has 6 rings (SSSR count). The number of amides is 1. The number of rotatable bonds is 5. The Kier molecular flexibility index (Phi) is 5.05. The van der Waals surface area contributed by atoms with Crippen LogP contribution in [-0.2, 0) is 10.2 Å². The molecule has 3 aromatic rings. The van der Waals surface area contributed by atoms with Crippen LogP contribution in [0.4, 0.5) is 5.69 Å². The highest BCUT2D eigenvalue weighted by Gasteiger charge is 2.48. The number of aliphatic hydroxyl groups is 1. The third-order valence-corrected chi connectivity index (χ3v) is 7.79. The molecule has 2 aliphatic heterocycles. The molecule has 2 N–H and O–H groups in total. The average molecular weight is 483 g/mol. The summed E-state index contributed by atoms with van der Waals surface area (Å²) >= 11 is 6.21. The van der Waals surface area contributed by atoms with Crippen molar-refractivity contribution in [3.8, 4) is 5.75 Å². The maximum atomic E-state index is 12.8. The van der Waals surface area contributed by atoms with Crippen LogP contribution in [0.1, 0.15) is 44.2 Å². The van der Waals surface area contributed by atoms with Crippen molar-refractivity contribution in [2.24, 2.45) is 0 Å². The lowest BCUT2D eigenvalue weighted by molar-refractivity contribution is -0.122. The topological polar surface area (TPSA) is 105 Å². The first-order valence-electron chi connectivity index (χ1n) is 11.7. The zero-order valence-electron chi connectivity index (χ0n) is 19.0. The fourth-order valence-corrected chi connectivity index (χ4v) is 5.77. The molecule has 2 fully saturated rings. The van der Waals surface area contributed by atoms with Crippen LogP contribution in [0, 0.1) is 0 Å². The van der Waals surface area contributed by atoms with E-state index in [0.29, 0.717) is 41.4 Å². The highest BCUT2D eigenvalue weighted by atomic mass is 35.5. The van der Waals surface area contributed by atoms with E-state index in [9.17, 15) is 9.90 Å². The van der Waals surface area contributed by atoms with E-state index in [0.717, 1.165) is 43.7 Å². The monoisotopic (exact) mass is 482 g/mol. The Hall–Kier alpha value is -2.75. The van der Waals surface area contributed by atoms with Crippen molar-refractivity contribution in [2.45, 2.75) is 49.7 Å². The van der Waals surface area contributed by atoms with Gasteiger partial charge < -0.3 is 15.2 Å². The summed E-state index contributed by atoms with van der Waals surface area (Å²) in [6.07, 6.45) is 4.53. The number of pyridine rings is 1. The molecule has 0 atom stereocenters. The summed E-state index contributed by atoms with van der Waals surface area (Å²) in [6, 6.07) is 7.63. The Bertz CT molecular complexity index is 1260. The number of hydrogen-bond donors (Lipinski definition) is 2. The van der Waals surface area contributed by atoms with Gasteiger partial charge in [-0.05, 0) is 69.5 Å². The van der Waals surface area contributed by atoms with Crippen molar-refractivity contribution in [1.29, 1.82) is 0 Å². The minimum Gasteiger partial charge on any atom is -0.491 e. The number of anilines is 1. The average Bonchev–Trinajstić information content (AvgIpc) is 3.32. The number of halogens is 1. The maximum absolute atomic E-state index is 12.8. The van der Waals surface area contributed by atoms with E-state index in [4.69, 9.17) is 16.3 Å². The summed E-state index contributed by atoms with van der Waals surface area (Å²) in [4.78, 5) is 19.6. The quantitative estimate of drug-likeness (QED) is 0.576. The molecule has 1 spiro atoms. The van der Waals surface area contributed by atoms with E-state index in [1.165, 1.54) is 0 Å². The van der Waals surface area contributed by atoms with Crippen molar-refractivity contribution in [1.82, 2.24) is 24.9 Å². The number of fused-ring (bicyclic) bond motifs is 3. The van der Waals surface area contributed by atoms with Crippen LogP contribution in [0.15, 0.2) is 30.5 Å². The molecule has 1 saturated carbocycles. The fourth-order valence-electron chi connectivity index (χ4n) is 5.60. The number of ether oxygens (including phenoxy) is 1. The molecule has 0 radical (unpaired) electrons. The third-order valence-electron chi connectivity index (χ3n) is 7.55. The van der Waals surface area contributed by atoms with Crippen LogP contribution in [0.2, 0.25) is 5.02 Å². The predicted molar refractivity (Wildman–Crippen MR) is 127 cm³/mol. The van der Waals surface area contributed by atoms with Crippen LogP contribution in [-0.4, -0.2) is 67.7 Å². The Morgan fingerprint density at radius 1 is 1.26 bits per heavy atom. The van der Waals surface area contributed by atoms with Gasteiger partial charge in [-0.1, -0.05) is 16.8 Å². The third kappa shape index (κ3) is 3.62. The van der Waals surface area contributed by atoms with Gasteiger partial charge in [0.15, 0.2) is 5.65 Å². The van der Waals surface area contributed by atoms with Gasteiger partial charge >= 0.3 is 0 Å². The van der Waals surface area contributed by atoms with Gasteiger partial charge in [0.25, 0.3) is 0 Å². The van der Waals surface area contributed by atoms with Crippen LogP contribution < -0.4 is 10.1 Å². The summed E-state index contributed by atoms with van der Waals surface area (Å²) in [6.45, 7) is 4.76. The molecular weight excluding hydrogens is 456 g/mol. The zero-order chi connectivity index (χ0) is 23.5. The molecule has 1 amide bonds. The van der Waals surface area contributed by atoms with Crippen LogP contribution in [0.5, 0.6) is 5.75 Å². The van der Waals surface area contributed by atoms with Crippen molar-refractivity contribution < 1.29 is 14.6 Å². The summed E-state index contributed by atoms with van der Waals surface area (Å²) in [5, 5.41) is 22.1. The minimum atomic E-state index is -0.627. The first-order valence-corrected chi connectivity index (χ1v) is 12.1. The number of carbonyl (C=O) groups excluding carboxylic acids is 1. The Morgan fingerprint density at radius 3 is 2.82 bits per heavy atom. The number of hydrogen-bond acceptors (Lipinski definition) is 7. The molecule has 1 aromatic carbocycles. The van der Waals surface area contributed by atoms with Gasteiger partial charge in [-0.25, -0.2) is 9.67 Å². The van der Waals surface area contributed by atoms with E-state index in [2.05, 4.69) is 25.5 Å². The van der Waals surface area contributed by atoms with Crippen molar-refractivity contribution in [2.75, 3.05) is 31.6 Å². The Balaban J connectivity index is 1.04. The molecule has 3 aliphatic rings. The lowest BCUT2D eigenvalue weighted by atomic mass is 9.73. The predicted octanol–water partition coefficient (Wildman–Crippen LogP) is 2.93. The molecule has 1 aliphatic carbocycles. The van der Waals surface area contributed by atoms with Crippen LogP contribution >= 0.6 is 11.6 Å². The molecule has 1 saturated heterocycles. The van der Waals surface area contributed by atoms with Crippen molar-refractivity contribution in [3.63, 3.8) is 0 Å². The number of aromatic nitrogens is 4. The smallest absolute Gasteiger partial charge is 0.235 e. The van der Waals surface area contributed by atoms with Crippen molar-refractivity contribution in [3.05, 3.63) is 41.0 Å². The number of carbonyl (C=O) groups is 1. The number of piperidine rings is 1. The van der Waals surface area contributed by atoms with Gasteiger partial charge in [0.05, 0.1) is 23.3 Å². The molecule has 10 heteroatoms. The van der Waals surface area contributed by atoms with Gasteiger partial charge in [0.2, 0.25) is 5.91 Å². The van der Waals surface area contributed by atoms with Gasteiger partial charge in [0.1, 0.15) is 17.9 Å². The van der Waals surface area contributed by atoms with E-state index >= 15 is 0 Å². The lowest BCUT2D eigenvalue weighted by Crippen LogP contribution is -2.47. The molecule has 178 valence electrons. The number of nitrogens with one attached hydrogen (secondary N) is 1. The maximum Gasteiger partial charge on any atom is 0.235 e. The lowest BCUT2D eigenvalue weighted by Gasteiger charge is -2.40. The molecule has 0 bridgehead atoms. The second-order valence-electron chi connectivity index (χ2n) is 10.0. The van der Waals surface area contributed by atoms with Gasteiger partial charge in [-0.2, -0.15) is 0 Å². The molecule has 34 heavy (non-hydrogen) atoms. The summed E-state index contributed by atoms with van der Waals surface area (Å²) in [5.74, 6) is 0.742. The van der Waals surface area contributed by atoms with E-state index < -0.39 is 11.0 Å². The number of likely N-dealkylation sites (tertiary alicyclic amines) is 1. The fraction of sp³-hybridized carbons (Fsp3) is 0.500. The zero-order valence-corrected chi connectivity index (χ0v) is 19.8. The second kappa shape index (κ2) is 7.90. The Labute approximate surface area is 202 Å². The highest BCUT2D eigenvalue weighted by molar-refractivity contribution is 6.31. The number of benzene rings is 1. The van der Waals surface area contributed by atoms with Gasteiger partial charge in [-0.15, -0.1) is 5.10 Å². The molecule has 4 heterocycles. The number of nitrogens with zero attached hydrogens (tertiary/aromatic N) is 5. The summed E-state index contributed by atoms with van der Waals surface area (Å²) in [7, 11) is 0. The first-order chi connectivity index (χ1) is 16.3. The highest BCUT2D eigenvalue weighted by Crippen LogP contribution is 2.46. The molecular formula is C24H27ClN6O3. The van der Waals surface area contributed by atoms with E-state index in [-0.39, 0.29) is 11.9 Å². The first kappa shape index (κ1) is 21.8. The van der Waals surface area contributed by atoms with E-state index in [1.807, 2.05) is 31.2 Å². The molecule has 2 aromatic heterocycles. The largest absolute Gasteiger partial charge is 0.491 e. The van der Waals surface area contributed by atoms with Crippen LogP contribution in [0.3, 0.4) is 0 Å².